The Labute approximate surface area is 69.1 Å². The Hall–Kier alpha value is 0.734. The minimum atomic E-state index is 0. The van der Waals surface area contributed by atoms with Crippen molar-refractivity contribution in [2.45, 2.75) is 0 Å². The number of nitrogens with zero attached hydrogens (tertiary/aromatic N) is 1. The van der Waals surface area contributed by atoms with Crippen molar-refractivity contribution in [1.29, 1.82) is 0 Å². The molecule has 0 aliphatic rings. The molecule has 0 aromatic heterocycles. The normalized spacial score (nSPS) is 7.86. The molecule has 3 heteroatoms. The standard InChI is InChI=1S/C4H8NO.Y/c1-5(2)3-4-6;/h3H2,1-2H3;/q-1;. The second-order valence-corrected chi connectivity index (χ2v) is 1.38. The fraction of sp³-hybridized carbons (Fsp3) is 0.750. The van der Waals surface area contributed by atoms with Crippen molar-refractivity contribution < 1.29 is 37.5 Å². The van der Waals surface area contributed by atoms with E-state index >= 15 is 0 Å². The molecule has 0 aromatic rings. The Bertz CT molecular complexity index is 47.0. The molecule has 0 unspecified atom stereocenters. The fourth-order valence-corrected chi connectivity index (χ4v) is 0.129. The molecule has 7 heavy (non-hydrogen) atoms. The van der Waals surface area contributed by atoms with Crippen LogP contribution in [0.4, 0.5) is 0 Å². The van der Waals surface area contributed by atoms with Gasteiger partial charge in [-0.05, 0) is 14.1 Å². The molecule has 0 atom stereocenters. The Kier molecular flexibility index (Phi) is 10.3. The molecule has 39 valence electrons. The predicted molar refractivity (Wildman–Crippen MR) is 24.2 cm³/mol. The molecule has 0 amide bonds. The van der Waals surface area contributed by atoms with E-state index in [9.17, 15) is 4.79 Å². The first-order valence-electron chi connectivity index (χ1n) is 1.77. The Morgan fingerprint density at radius 3 is 2.00 bits per heavy atom. The van der Waals surface area contributed by atoms with Crippen LogP contribution in [-0.2, 0) is 37.5 Å². The predicted octanol–water partition coefficient (Wildman–Crippen LogP) is -0.345. The summed E-state index contributed by atoms with van der Waals surface area (Å²) in [6.07, 6.45) is 1.74. The fourth-order valence-electron chi connectivity index (χ4n) is 0.129. The summed E-state index contributed by atoms with van der Waals surface area (Å²) in [5.41, 5.74) is 0. The minimum Gasteiger partial charge on any atom is -0.541 e. The maximum atomic E-state index is 9.45. The number of hydrogen-bond acceptors (Lipinski definition) is 2. The third-order valence-corrected chi connectivity index (χ3v) is 0.381. The van der Waals surface area contributed by atoms with Crippen LogP contribution in [0, 0.1) is 0 Å². The van der Waals surface area contributed by atoms with Crippen molar-refractivity contribution in [2.75, 3.05) is 20.6 Å². The molecule has 0 aliphatic heterocycles. The second-order valence-electron chi connectivity index (χ2n) is 1.38. The van der Waals surface area contributed by atoms with Gasteiger partial charge in [0, 0.05) is 32.7 Å². The van der Waals surface area contributed by atoms with Crippen LogP contribution in [-0.4, -0.2) is 31.8 Å². The van der Waals surface area contributed by atoms with Crippen molar-refractivity contribution in [3.05, 3.63) is 0 Å². The van der Waals surface area contributed by atoms with Crippen LogP contribution in [0.3, 0.4) is 0 Å². The smallest absolute Gasteiger partial charge is 0 e. The van der Waals surface area contributed by atoms with Crippen LogP contribution in [0.2, 0.25) is 0 Å². The van der Waals surface area contributed by atoms with Gasteiger partial charge in [0.05, 0.1) is 0 Å². The molecular weight excluding hydrogens is 167 g/mol. The molecule has 0 aromatic carbocycles. The molecule has 2 nitrogen and oxygen atoms in total. The summed E-state index contributed by atoms with van der Waals surface area (Å²) < 4.78 is 0. The van der Waals surface area contributed by atoms with Crippen LogP contribution >= 0.6 is 0 Å². The van der Waals surface area contributed by atoms with Gasteiger partial charge in [-0.3, -0.25) is 0 Å². The topological polar surface area (TPSA) is 20.3 Å². The van der Waals surface area contributed by atoms with Crippen molar-refractivity contribution in [3.63, 3.8) is 0 Å². The zero-order valence-corrected chi connectivity index (χ0v) is 7.48. The van der Waals surface area contributed by atoms with Crippen LogP contribution in [0.25, 0.3) is 0 Å². The summed E-state index contributed by atoms with van der Waals surface area (Å²) in [5, 5.41) is 0. The largest absolute Gasteiger partial charge is 0.541 e. The van der Waals surface area contributed by atoms with Gasteiger partial charge in [0.25, 0.3) is 0 Å². The summed E-state index contributed by atoms with van der Waals surface area (Å²) >= 11 is 0. The van der Waals surface area contributed by atoms with Crippen LogP contribution in [0.15, 0.2) is 0 Å². The molecular formula is C4H8NOY-. The van der Waals surface area contributed by atoms with Gasteiger partial charge in [-0.25, -0.2) is 6.29 Å². The van der Waals surface area contributed by atoms with Gasteiger partial charge in [0.1, 0.15) is 0 Å². The Morgan fingerprint density at radius 2 is 2.00 bits per heavy atom. The van der Waals surface area contributed by atoms with Crippen molar-refractivity contribution in [1.82, 2.24) is 4.90 Å². The summed E-state index contributed by atoms with van der Waals surface area (Å²) in [5.74, 6) is 0. The molecule has 0 saturated carbocycles. The molecule has 1 radical (unpaired) electrons. The quantitative estimate of drug-likeness (QED) is 0.535. The van der Waals surface area contributed by atoms with Gasteiger partial charge in [-0.1, -0.05) is 6.54 Å². The van der Waals surface area contributed by atoms with E-state index in [-0.39, 0.29) is 32.7 Å². The molecule has 0 N–H and O–H groups in total. The maximum Gasteiger partial charge on any atom is 0 e. The molecule has 0 aliphatic carbocycles. The molecule has 0 heterocycles. The summed E-state index contributed by atoms with van der Waals surface area (Å²) in [6.45, 7) is 0.403. The minimum absolute atomic E-state index is 0. The first-order chi connectivity index (χ1) is 2.77. The van der Waals surface area contributed by atoms with Gasteiger partial charge in [-0.2, -0.15) is 0 Å². The van der Waals surface area contributed by atoms with E-state index in [0.717, 1.165) is 0 Å². The zero-order valence-electron chi connectivity index (χ0n) is 4.64. The Morgan fingerprint density at radius 1 is 1.57 bits per heavy atom. The molecule has 0 bridgehead atoms. The first-order valence-corrected chi connectivity index (χ1v) is 1.77. The third-order valence-electron chi connectivity index (χ3n) is 0.381. The molecule has 0 fully saturated rings. The average molecular weight is 175 g/mol. The van der Waals surface area contributed by atoms with E-state index in [1.54, 1.807) is 11.2 Å². The van der Waals surface area contributed by atoms with E-state index in [1.165, 1.54) is 0 Å². The number of hydrogen-bond donors (Lipinski definition) is 0. The zero-order chi connectivity index (χ0) is 4.99. The SMILES string of the molecule is CN(C)C[C-]=O.[Y]. The summed E-state index contributed by atoms with van der Waals surface area (Å²) in [6, 6.07) is 0. The van der Waals surface area contributed by atoms with Crippen molar-refractivity contribution in [2.24, 2.45) is 0 Å². The van der Waals surface area contributed by atoms with Gasteiger partial charge in [0.2, 0.25) is 0 Å². The van der Waals surface area contributed by atoms with E-state index in [0.29, 0.717) is 6.54 Å². The second kappa shape index (κ2) is 6.73. The number of rotatable bonds is 2. The number of likely N-dealkylation sites (N-methyl/N-ethyl adjacent to an activating group) is 1. The van der Waals surface area contributed by atoms with E-state index in [1.807, 2.05) is 14.1 Å². The van der Waals surface area contributed by atoms with E-state index in [4.69, 9.17) is 0 Å². The summed E-state index contributed by atoms with van der Waals surface area (Å²) in [4.78, 5) is 11.2. The van der Waals surface area contributed by atoms with Gasteiger partial charge >= 0.3 is 0 Å². The maximum absolute atomic E-state index is 9.45. The van der Waals surface area contributed by atoms with Gasteiger partial charge in [0.15, 0.2) is 0 Å². The van der Waals surface area contributed by atoms with Gasteiger partial charge in [-0.15, -0.1) is 0 Å². The molecule has 0 spiro atoms. The van der Waals surface area contributed by atoms with Crippen LogP contribution < -0.4 is 0 Å². The summed E-state index contributed by atoms with van der Waals surface area (Å²) in [7, 11) is 3.65. The molecule has 0 rings (SSSR count). The molecule has 0 saturated heterocycles. The van der Waals surface area contributed by atoms with Crippen molar-refractivity contribution >= 4 is 6.29 Å². The van der Waals surface area contributed by atoms with Gasteiger partial charge < -0.3 is 9.69 Å². The average Bonchev–Trinajstić information content (AvgIpc) is 1.35. The van der Waals surface area contributed by atoms with Crippen LogP contribution in [0.1, 0.15) is 0 Å². The first kappa shape index (κ1) is 10.7. The number of carbonyl (C=O) groups excluding carboxylic acids is 1. The van der Waals surface area contributed by atoms with Crippen molar-refractivity contribution in [3.8, 4) is 0 Å². The van der Waals surface area contributed by atoms with Crippen LogP contribution in [0.5, 0.6) is 0 Å². The van der Waals surface area contributed by atoms with E-state index in [2.05, 4.69) is 0 Å². The Balaban J connectivity index is 0. The van der Waals surface area contributed by atoms with E-state index < -0.39 is 0 Å². The monoisotopic (exact) mass is 175 g/mol. The third kappa shape index (κ3) is 10.8.